The highest BCUT2D eigenvalue weighted by Crippen LogP contribution is 2.46. The van der Waals surface area contributed by atoms with E-state index in [4.69, 9.17) is 11.6 Å². The Bertz CT molecular complexity index is 792. The van der Waals surface area contributed by atoms with Gasteiger partial charge in [0.25, 0.3) is 0 Å². The first-order valence-electron chi connectivity index (χ1n) is 11.3. The van der Waals surface area contributed by atoms with E-state index in [1.165, 1.54) is 0 Å². The van der Waals surface area contributed by atoms with Crippen LogP contribution < -0.4 is 10.6 Å². The number of piperidine rings is 1. The normalized spacial score (nSPS) is 27.5. The number of nitrogens with one attached hydrogen (secondary N) is 2. The van der Waals surface area contributed by atoms with Gasteiger partial charge in [0.2, 0.25) is 11.8 Å². The molecule has 0 radical (unpaired) electrons. The van der Waals surface area contributed by atoms with Gasteiger partial charge in [-0.1, -0.05) is 44.5 Å². The zero-order chi connectivity index (χ0) is 22.8. The highest BCUT2D eigenvalue weighted by atomic mass is 35.5. The van der Waals surface area contributed by atoms with Crippen LogP contribution in [0.15, 0.2) is 24.3 Å². The zero-order valence-corrected chi connectivity index (χ0v) is 19.8. The van der Waals surface area contributed by atoms with Crippen molar-refractivity contribution in [1.82, 2.24) is 15.5 Å². The summed E-state index contributed by atoms with van der Waals surface area (Å²) in [7, 11) is 0. The Balaban J connectivity index is 1.60. The number of carbonyl (C=O) groups excluding carboxylic acids is 2. The molecule has 0 saturated carbocycles. The lowest BCUT2D eigenvalue weighted by molar-refractivity contribution is -0.156. The monoisotopic (exact) mass is 449 g/mol. The Labute approximate surface area is 190 Å². The topological polar surface area (TPSA) is 81.7 Å². The van der Waals surface area contributed by atoms with Gasteiger partial charge in [-0.05, 0) is 56.5 Å². The number of carbonyl (C=O) groups is 2. The van der Waals surface area contributed by atoms with Gasteiger partial charge in [-0.15, -0.1) is 0 Å². The second-order valence-electron chi connectivity index (χ2n) is 9.97. The van der Waals surface area contributed by atoms with Gasteiger partial charge in [-0.3, -0.25) is 9.59 Å². The number of hydrogen-bond donors (Lipinski definition) is 3. The van der Waals surface area contributed by atoms with E-state index < -0.39 is 11.0 Å². The number of amides is 2. The van der Waals surface area contributed by atoms with E-state index in [-0.39, 0.29) is 23.8 Å². The number of aliphatic hydroxyl groups is 1. The van der Waals surface area contributed by atoms with Crippen LogP contribution in [-0.2, 0) is 15.2 Å². The van der Waals surface area contributed by atoms with Gasteiger partial charge in [0, 0.05) is 36.0 Å². The third-order valence-electron chi connectivity index (χ3n) is 7.25. The smallest absolute Gasteiger partial charge is 0.227 e. The summed E-state index contributed by atoms with van der Waals surface area (Å²) in [5, 5.41) is 18.4. The van der Waals surface area contributed by atoms with Crippen molar-refractivity contribution >= 4 is 23.4 Å². The summed E-state index contributed by atoms with van der Waals surface area (Å²) in [6.07, 6.45) is 1.98. The van der Waals surface area contributed by atoms with E-state index in [0.29, 0.717) is 36.9 Å². The van der Waals surface area contributed by atoms with Gasteiger partial charge in [0.1, 0.15) is 0 Å². The second-order valence-corrected chi connectivity index (χ2v) is 10.4. The minimum Gasteiger partial charge on any atom is -0.384 e. The van der Waals surface area contributed by atoms with Crippen LogP contribution >= 0.6 is 11.6 Å². The lowest BCUT2D eigenvalue weighted by Gasteiger charge is -2.51. The molecule has 0 aromatic heterocycles. The minimum atomic E-state index is -1.03. The third-order valence-corrected chi connectivity index (χ3v) is 7.50. The molecule has 3 N–H and O–H groups in total. The quantitative estimate of drug-likeness (QED) is 0.623. The Morgan fingerprint density at radius 1 is 1.29 bits per heavy atom. The maximum absolute atomic E-state index is 13.2. The fraction of sp³-hybridized carbons (Fsp3) is 0.667. The van der Waals surface area contributed by atoms with Crippen molar-refractivity contribution in [3.63, 3.8) is 0 Å². The van der Waals surface area contributed by atoms with Crippen LogP contribution in [0.1, 0.15) is 52.5 Å². The molecular formula is C24H36ClN3O3. The van der Waals surface area contributed by atoms with Crippen LogP contribution in [0.4, 0.5) is 0 Å². The van der Waals surface area contributed by atoms with E-state index in [1.807, 2.05) is 44.7 Å². The van der Waals surface area contributed by atoms with Crippen LogP contribution in [0.2, 0.25) is 5.02 Å². The lowest BCUT2D eigenvalue weighted by atomic mass is 9.66. The number of rotatable bonds is 6. The van der Waals surface area contributed by atoms with E-state index in [0.717, 1.165) is 25.1 Å². The van der Waals surface area contributed by atoms with Crippen molar-refractivity contribution in [3.05, 3.63) is 34.9 Å². The molecule has 4 atom stereocenters. The molecule has 2 amide bonds. The van der Waals surface area contributed by atoms with E-state index in [9.17, 15) is 14.7 Å². The molecule has 2 aliphatic heterocycles. The van der Waals surface area contributed by atoms with Crippen LogP contribution in [-0.4, -0.2) is 54.0 Å². The molecule has 0 aliphatic carbocycles. The Morgan fingerprint density at radius 3 is 2.55 bits per heavy atom. The highest BCUT2D eigenvalue weighted by molar-refractivity contribution is 6.30. The summed E-state index contributed by atoms with van der Waals surface area (Å²) in [6, 6.07) is 7.06. The van der Waals surface area contributed by atoms with E-state index in [2.05, 4.69) is 10.6 Å². The van der Waals surface area contributed by atoms with Gasteiger partial charge in [-0.25, -0.2) is 0 Å². The Kier molecular flexibility index (Phi) is 7.34. The molecule has 2 saturated heterocycles. The van der Waals surface area contributed by atoms with Crippen molar-refractivity contribution < 1.29 is 14.7 Å². The van der Waals surface area contributed by atoms with Crippen molar-refractivity contribution in [1.29, 1.82) is 0 Å². The average Bonchev–Trinajstić information content (AvgIpc) is 3.22. The molecule has 31 heavy (non-hydrogen) atoms. The fourth-order valence-corrected chi connectivity index (χ4v) is 4.99. The Morgan fingerprint density at radius 2 is 1.97 bits per heavy atom. The molecule has 1 aromatic carbocycles. The fourth-order valence-electron chi connectivity index (χ4n) is 4.86. The second kappa shape index (κ2) is 9.47. The standard InChI is InChI=1S/C24H36ClN3O3/c1-16(17(2)27-21(29)13-18-9-11-26-14-18)22(30)28-12-10-24(31,23(3,4)15-28)19-5-7-20(25)8-6-19/h5-8,16-18,26,31H,9-15H2,1-4H3,(H,27,29)/t16-,17?,18+,24+/m1/s1. The Hall–Kier alpha value is -1.63. The maximum Gasteiger partial charge on any atom is 0.227 e. The predicted molar refractivity (Wildman–Crippen MR) is 123 cm³/mol. The number of likely N-dealkylation sites (tertiary alicyclic amines) is 1. The summed E-state index contributed by atoms with van der Waals surface area (Å²) in [4.78, 5) is 27.4. The molecule has 7 heteroatoms. The van der Waals surface area contributed by atoms with Crippen LogP contribution in [0.5, 0.6) is 0 Å². The van der Waals surface area contributed by atoms with E-state index in [1.54, 1.807) is 12.1 Å². The van der Waals surface area contributed by atoms with Gasteiger partial charge in [0.05, 0.1) is 11.5 Å². The van der Waals surface area contributed by atoms with Crippen molar-refractivity contribution in [2.75, 3.05) is 26.2 Å². The number of benzene rings is 1. The van der Waals surface area contributed by atoms with Crippen molar-refractivity contribution in [3.8, 4) is 0 Å². The molecule has 1 aromatic rings. The maximum atomic E-state index is 13.2. The first-order valence-corrected chi connectivity index (χ1v) is 11.7. The van der Waals surface area contributed by atoms with Crippen LogP contribution in [0.3, 0.4) is 0 Å². The van der Waals surface area contributed by atoms with Gasteiger partial charge >= 0.3 is 0 Å². The number of nitrogens with zero attached hydrogens (tertiary/aromatic N) is 1. The SMILES string of the molecule is CC(NC(=O)C[C@@H]1CCNC1)[C@@H](C)C(=O)N1CC[C@](O)(c2ccc(Cl)cc2)C(C)(C)C1. The number of halogens is 1. The molecule has 2 heterocycles. The average molecular weight is 450 g/mol. The summed E-state index contributed by atoms with van der Waals surface area (Å²) >= 11 is 6.01. The van der Waals surface area contributed by atoms with E-state index >= 15 is 0 Å². The molecule has 1 unspecified atom stereocenters. The molecule has 2 fully saturated rings. The summed E-state index contributed by atoms with van der Waals surface area (Å²) in [5.41, 5.74) is -0.743. The summed E-state index contributed by atoms with van der Waals surface area (Å²) in [5.74, 6) is 0.0772. The van der Waals surface area contributed by atoms with Gasteiger partial charge < -0.3 is 20.6 Å². The first-order chi connectivity index (χ1) is 14.5. The summed E-state index contributed by atoms with van der Waals surface area (Å²) < 4.78 is 0. The first kappa shape index (κ1) is 24.0. The molecule has 0 bridgehead atoms. The van der Waals surface area contributed by atoms with Gasteiger partial charge in [0.15, 0.2) is 0 Å². The van der Waals surface area contributed by atoms with Crippen LogP contribution in [0.25, 0.3) is 0 Å². The van der Waals surface area contributed by atoms with Crippen LogP contribution in [0, 0.1) is 17.3 Å². The molecule has 3 rings (SSSR count). The van der Waals surface area contributed by atoms with Crippen molar-refractivity contribution in [2.45, 2.75) is 58.6 Å². The minimum absolute atomic E-state index is 0.0111. The zero-order valence-electron chi connectivity index (χ0n) is 19.1. The lowest BCUT2D eigenvalue weighted by Crippen LogP contribution is -2.58. The molecule has 172 valence electrons. The predicted octanol–water partition coefficient (Wildman–Crippen LogP) is 2.93. The van der Waals surface area contributed by atoms with Gasteiger partial charge in [-0.2, -0.15) is 0 Å². The number of hydrogen-bond acceptors (Lipinski definition) is 4. The largest absolute Gasteiger partial charge is 0.384 e. The molecule has 0 spiro atoms. The molecular weight excluding hydrogens is 414 g/mol. The summed E-state index contributed by atoms with van der Waals surface area (Å²) in [6.45, 7) is 10.5. The molecule has 2 aliphatic rings. The van der Waals surface area contributed by atoms with Crippen molar-refractivity contribution in [2.24, 2.45) is 17.3 Å². The third kappa shape index (κ3) is 5.24. The molecule has 6 nitrogen and oxygen atoms in total. The highest BCUT2D eigenvalue weighted by Gasteiger charge is 2.50.